The summed E-state index contributed by atoms with van der Waals surface area (Å²) in [6, 6.07) is 6.52. The average molecular weight is 357 g/mol. The summed E-state index contributed by atoms with van der Waals surface area (Å²) in [4.78, 5) is 5.11. The van der Waals surface area contributed by atoms with Crippen molar-refractivity contribution in [3.8, 4) is 11.5 Å². The SMILES string of the molecule is COc1ccc2[nH+]c(C)c(C[NH+]3CC4(C)CC3CC(C)(C)C4)c(O)c2c1. The molecule has 1 saturated heterocycles. The van der Waals surface area contributed by atoms with Gasteiger partial charge in [0.25, 0.3) is 0 Å². The van der Waals surface area contributed by atoms with Gasteiger partial charge in [-0.05, 0) is 24.0 Å². The van der Waals surface area contributed by atoms with E-state index in [2.05, 4.69) is 32.7 Å². The summed E-state index contributed by atoms with van der Waals surface area (Å²) in [5.74, 6) is 1.18. The number of methoxy groups -OCH3 is 1. The molecule has 2 bridgehead atoms. The molecule has 1 saturated carbocycles. The summed E-state index contributed by atoms with van der Waals surface area (Å²) in [6.45, 7) is 11.5. The van der Waals surface area contributed by atoms with E-state index >= 15 is 0 Å². The van der Waals surface area contributed by atoms with Crippen molar-refractivity contribution < 1.29 is 19.7 Å². The molecule has 140 valence electrons. The molecule has 4 rings (SSSR count). The van der Waals surface area contributed by atoms with Crippen LogP contribution in [0.1, 0.15) is 51.3 Å². The van der Waals surface area contributed by atoms with Gasteiger partial charge < -0.3 is 14.7 Å². The van der Waals surface area contributed by atoms with Crippen molar-refractivity contribution >= 4 is 10.9 Å². The molecule has 26 heavy (non-hydrogen) atoms. The third-order valence-corrected chi connectivity index (χ3v) is 6.62. The van der Waals surface area contributed by atoms with E-state index in [0.717, 1.165) is 34.5 Å². The van der Waals surface area contributed by atoms with E-state index in [1.54, 1.807) is 12.0 Å². The normalized spacial score (nSPS) is 29.9. The molecule has 4 heteroatoms. The van der Waals surface area contributed by atoms with Gasteiger partial charge in [0, 0.05) is 31.2 Å². The van der Waals surface area contributed by atoms with Crippen molar-refractivity contribution in [3.05, 3.63) is 29.5 Å². The van der Waals surface area contributed by atoms with Crippen LogP contribution in [0.2, 0.25) is 0 Å². The van der Waals surface area contributed by atoms with Crippen molar-refractivity contribution in [2.24, 2.45) is 10.8 Å². The number of fused-ring (bicyclic) bond motifs is 3. The molecule has 0 amide bonds. The Bertz CT molecular complexity index is 861. The number of H-pyrrole nitrogens is 1. The maximum atomic E-state index is 11.0. The molecule has 0 spiro atoms. The van der Waals surface area contributed by atoms with E-state index in [0.29, 0.717) is 22.6 Å². The molecule has 4 nitrogen and oxygen atoms in total. The van der Waals surface area contributed by atoms with Crippen LogP contribution in [-0.2, 0) is 6.54 Å². The van der Waals surface area contributed by atoms with Gasteiger partial charge in [0.05, 0.1) is 25.1 Å². The second-order valence-electron chi connectivity index (χ2n) is 9.76. The summed E-state index contributed by atoms with van der Waals surface area (Å²) >= 11 is 0. The predicted octanol–water partition coefficient (Wildman–Crippen LogP) is 2.66. The molecular weight excluding hydrogens is 324 g/mol. The average Bonchev–Trinajstić information content (AvgIpc) is 2.79. The largest absolute Gasteiger partial charge is 0.506 e. The lowest BCUT2D eigenvalue weighted by molar-refractivity contribution is -0.928. The monoisotopic (exact) mass is 356 g/mol. The van der Waals surface area contributed by atoms with E-state index in [1.165, 1.54) is 25.8 Å². The van der Waals surface area contributed by atoms with Gasteiger partial charge in [-0.25, -0.2) is 4.98 Å². The van der Waals surface area contributed by atoms with Crippen LogP contribution in [0, 0.1) is 17.8 Å². The minimum atomic E-state index is 0.411. The number of aromatic amines is 1. The quantitative estimate of drug-likeness (QED) is 0.888. The minimum absolute atomic E-state index is 0.411. The van der Waals surface area contributed by atoms with E-state index in [-0.39, 0.29) is 0 Å². The van der Waals surface area contributed by atoms with Gasteiger partial charge >= 0.3 is 0 Å². The zero-order chi connectivity index (χ0) is 18.7. The fourth-order valence-corrected chi connectivity index (χ4v) is 5.97. The Morgan fingerprint density at radius 1 is 1.27 bits per heavy atom. The maximum Gasteiger partial charge on any atom is 0.215 e. The number of aryl methyl sites for hydroxylation is 1. The van der Waals surface area contributed by atoms with Crippen LogP contribution in [0.15, 0.2) is 18.2 Å². The fourth-order valence-electron chi connectivity index (χ4n) is 5.97. The third kappa shape index (κ3) is 2.94. The molecule has 1 aliphatic carbocycles. The molecular formula is C22H32N2O2+2. The number of ether oxygens (including phenoxy) is 1. The smallest absolute Gasteiger partial charge is 0.215 e. The Kier molecular flexibility index (Phi) is 3.96. The van der Waals surface area contributed by atoms with Crippen LogP contribution in [0.4, 0.5) is 0 Å². The Labute approximate surface area is 156 Å². The zero-order valence-corrected chi connectivity index (χ0v) is 16.7. The number of hydrogen-bond donors (Lipinski definition) is 2. The number of hydrogen-bond acceptors (Lipinski definition) is 2. The number of benzene rings is 1. The first-order chi connectivity index (χ1) is 12.2. The highest BCUT2D eigenvalue weighted by atomic mass is 16.5. The molecule has 2 heterocycles. The molecule has 1 aliphatic heterocycles. The van der Waals surface area contributed by atoms with E-state index in [1.807, 2.05) is 18.2 Å². The highest BCUT2D eigenvalue weighted by molar-refractivity contribution is 5.84. The number of nitrogens with one attached hydrogen (secondary N) is 2. The molecule has 1 aromatic carbocycles. The van der Waals surface area contributed by atoms with Crippen LogP contribution >= 0.6 is 0 Å². The molecule has 3 unspecified atom stereocenters. The Balaban J connectivity index is 1.69. The first-order valence-electron chi connectivity index (χ1n) is 9.76. The van der Waals surface area contributed by atoms with Crippen LogP contribution < -0.4 is 14.6 Å². The standard InChI is InChI=1S/C22H30N2O2/c1-14-18(20(25)17-8-16(26-5)6-7-19(17)23-14)11-24-13-22(4)10-15(24)9-21(2,3)12-22/h6-8,15H,9-13H2,1-5H3,(H,23,25)/p+2. The van der Waals surface area contributed by atoms with Gasteiger partial charge in [-0.1, -0.05) is 20.8 Å². The van der Waals surface area contributed by atoms with Crippen molar-refractivity contribution in [1.29, 1.82) is 0 Å². The van der Waals surface area contributed by atoms with Crippen LogP contribution in [0.25, 0.3) is 10.9 Å². The van der Waals surface area contributed by atoms with E-state index in [9.17, 15) is 5.11 Å². The van der Waals surface area contributed by atoms with Gasteiger partial charge in [-0.2, -0.15) is 0 Å². The lowest BCUT2D eigenvalue weighted by Crippen LogP contribution is -3.12. The summed E-state index contributed by atoms with van der Waals surface area (Å²) in [5, 5.41) is 11.9. The maximum absolute atomic E-state index is 11.0. The molecule has 0 radical (unpaired) electrons. The van der Waals surface area contributed by atoms with E-state index in [4.69, 9.17) is 4.74 Å². The van der Waals surface area contributed by atoms with Crippen LogP contribution in [0.5, 0.6) is 11.5 Å². The lowest BCUT2D eigenvalue weighted by Gasteiger charge is -2.37. The van der Waals surface area contributed by atoms with Crippen LogP contribution in [0.3, 0.4) is 0 Å². The summed E-state index contributed by atoms with van der Waals surface area (Å²) in [7, 11) is 1.66. The van der Waals surface area contributed by atoms with Crippen molar-refractivity contribution in [2.45, 2.75) is 59.5 Å². The second-order valence-corrected chi connectivity index (χ2v) is 9.76. The van der Waals surface area contributed by atoms with Gasteiger partial charge in [0.15, 0.2) is 5.69 Å². The summed E-state index contributed by atoms with van der Waals surface area (Å²) in [6.07, 6.45) is 3.91. The second kappa shape index (κ2) is 5.85. The molecule has 2 fully saturated rings. The minimum Gasteiger partial charge on any atom is -0.506 e. The number of likely N-dealkylation sites (tertiary alicyclic amines) is 1. The van der Waals surface area contributed by atoms with Gasteiger partial charge in [0.1, 0.15) is 23.6 Å². The first-order valence-corrected chi connectivity index (χ1v) is 9.76. The Hall–Kier alpha value is -1.81. The topological polar surface area (TPSA) is 48.0 Å². The number of pyridine rings is 1. The molecule has 2 aliphatic rings. The predicted molar refractivity (Wildman–Crippen MR) is 103 cm³/mol. The van der Waals surface area contributed by atoms with Crippen molar-refractivity contribution in [3.63, 3.8) is 0 Å². The van der Waals surface area contributed by atoms with Crippen molar-refractivity contribution in [2.75, 3.05) is 13.7 Å². The zero-order valence-electron chi connectivity index (χ0n) is 16.7. The Morgan fingerprint density at radius 2 is 2.04 bits per heavy atom. The molecule has 3 atom stereocenters. The molecule has 3 N–H and O–H groups in total. The fraction of sp³-hybridized carbons (Fsp3) is 0.591. The molecule has 2 aromatic rings. The summed E-state index contributed by atoms with van der Waals surface area (Å²) in [5.41, 5.74) is 3.94. The summed E-state index contributed by atoms with van der Waals surface area (Å²) < 4.78 is 5.34. The van der Waals surface area contributed by atoms with Gasteiger partial charge in [-0.3, -0.25) is 0 Å². The number of aromatic nitrogens is 1. The van der Waals surface area contributed by atoms with Crippen LogP contribution in [-0.4, -0.2) is 24.8 Å². The Morgan fingerprint density at radius 3 is 2.77 bits per heavy atom. The first kappa shape index (κ1) is 17.6. The highest BCUT2D eigenvalue weighted by Gasteiger charge is 2.53. The highest BCUT2D eigenvalue weighted by Crippen LogP contribution is 2.47. The number of quaternary nitrogens is 1. The third-order valence-electron chi connectivity index (χ3n) is 6.62. The number of aromatic hydroxyl groups is 1. The van der Waals surface area contributed by atoms with Gasteiger partial charge in [0.2, 0.25) is 5.52 Å². The van der Waals surface area contributed by atoms with Crippen molar-refractivity contribution in [1.82, 2.24) is 0 Å². The number of rotatable bonds is 3. The van der Waals surface area contributed by atoms with Gasteiger partial charge in [-0.15, -0.1) is 0 Å². The molecule has 1 aromatic heterocycles. The lowest BCUT2D eigenvalue weighted by atomic mass is 9.65. The van der Waals surface area contributed by atoms with E-state index < -0.39 is 0 Å².